The monoisotopic (exact) mass is 458 g/mol. The summed E-state index contributed by atoms with van der Waals surface area (Å²) in [5, 5.41) is 3.84. The number of imide groups is 1. The molecule has 1 heterocycles. The minimum Gasteiger partial charge on any atom is -0.324 e. The van der Waals surface area contributed by atoms with Crippen molar-refractivity contribution in [1.29, 1.82) is 0 Å². The molecule has 0 radical (unpaired) electrons. The van der Waals surface area contributed by atoms with Crippen molar-refractivity contribution in [2.24, 2.45) is 41.4 Å². The van der Waals surface area contributed by atoms with Gasteiger partial charge in [-0.3, -0.25) is 19.3 Å². The van der Waals surface area contributed by atoms with Crippen molar-refractivity contribution in [3.63, 3.8) is 0 Å². The van der Waals surface area contributed by atoms with Crippen LogP contribution in [0.25, 0.3) is 0 Å². The van der Waals surface area contributed by atoms with E-state index in [0.717, 1.165) is 0 Å². The zero-order chi connectivity index (χ0) is 21.4. The zero-order valence-corrected chi connectivity index (χ0v) is 18.5. The first-order chi connectivity index (χ1) is 14.9. The van der Waals surface area contributed by atoms with Crippen molar-refractivity contribution in [1.82, 2.24) is 4.90 Å². The number of hydrogen-bond acceptors (Lipinski definition) is 3. The highest BCUT2D eigenvalue weighted by Crippen LogP contribution is 2.65. The molecule has 1 aromatic carbocycles. The molecule has 1 saturated heterocycles. The molecule has 2 bridgehead atoms. The lowest BCUT2D eigenvalue weighted by atomic mass is 9.63. The van der Waals surface area contributed by atoms with Crippen LogP contribution in [-0.4, -0.2) is 28.7 Å². The van der Waals surface area contributed by atoms with Crippen molar-refractivity contribution < 1.29 is 14.4 Å². The van der Waals surface area contributed by atoms with Crippen LogP contribution in [0, 0.1) is 41.4 Å². The Balaban J connectivity index is 1.12. The Morgan fingerprint density at radius 1 is 0.935 bits per heavy atom. The summed E-state index contributed by atoms with van der Waals surface area (Å²) in [6.07, 6.45) is 8.23. The number of hydrogen-bond donors (Lipinski definition) is 1. The van der Waals surface area contributed by atoms with Gasteiger partial charge in [0.2, 0.25) is 17.7 Å². The smallest absolute Gasteiger partial charge is 0.233 e. The first kappa shape index (κ1) is 19.8. The Morgan fingerprint density at radius 3 is 2.16 bits per heavy atom. The average molecular weight is 459 g/mol. The summed E-state index contributed by atoms with van der Waals surface area (Å²) in [5.74, 6) is 1.30. The van der Waals surface area contributed by atoms with Crippen LogP contribution in [0.5, 0.6) is 0 Å². The molecule has 5 nitrogen and oxygen atoms in total. The fraction of sp³-hybridized carbons (Fsp3) is 0.542. The van der Waals surface area contributed by atoms with E-state index >= 15 is 0 Å². The fourth-order valence-electron chi connectivity index (χ4n) is 6.76. The molecule has 0 spiro atoms. The van der Waals surface area contributed by atoms with Crippen LogP contribution in [0.15, 0.2) is 30.4 Å². The largest absolute Gasteiger partial charge is 0.324 e. The molecule has 0 aromatic heterocycles. The summed E-state index contributed by atoms with van der Waals surface area (Å²) < 4.78 is 0. The van der Waals surface area contributed by atoms with Gasteiger partial charge in [-0.05, 0) is 74.0 Å². The molecule has 7 rings (SSSR count). The topological polar surface area (TPSA) is 66.5 Å². The molecule has 0 unspecified atom stereocenters. The van der Waals surface area contributed by atoms with Crippen LogP contribution in [0.2, 0.25) is 10.0 Å². The predicted molar refractivity (Wildman–Crippen MR) is 117 cm³/mol. The Hall–Kier alpha value is -1.85. The van der Waals surface area contributed by atoms with Crippen LogP contribution in [0.4, 0.5) is 5.69 Å². The lowest BCUT2D eigenvalue weighted by molar-refractivity contribution is -0.144. The Labute approximate surface area is 191 Å². The number of benzene rings is 1. The van der Waals surface area contributed by atoms with E-state index in [1.54, 1.807) is 23.1 Å². The van der Waals surface area contributed by atoms with Crippen LogP contribution in [0.1, 0.15) is 32.1 Å². The van der Waals surface area contributed by atoms with E-state index in [1.165, 1.54) is 6.42 Å². The molecule has 5 aliphatic carbocycles. The van der Waals surface area contributed by atoms with Gasteiger partial charge in [0.15, 0.2) is 0 Å². The number of nitrogens with one attached hydrogen (secondary N) is 1. The summed E-state index contributed by atoms with van der Waals surface area (Å²) in [4.78, 5) is 40.9. The van der Waals surface area contributed by atoms with E-state index in [1.807, 2.05) is 0 Å². The van der Waals surface area contributed by atoms with Crippen molar-refractivity contribution in [2.75, 3.05) is 5.32 Å². The summed E-state index contributed by atoms with van der Waals surface area (Å²) in [7, 11) is 0. The Kier molecular flexibility index (Phi) is 4.52. The van der Waals surface area contributed by atoms with Gasteiger partial charge in [0.25, 0.3) is 0 Å². The van der Waals surface area contributed by atoms with E-state index in [9.17, 15) is 14.4 Å². The van der Waals surface area contributed by atoms with E-state index in [2.05, 4.69) is 17.5 Å². The lowest BCUT2D eigenvalue weighted by Crippen LogP contribution is -2.44. The first-order valence-electron chi connectivity index (χ1n) is 11.2. The predicted octanol–water partition coefficient (Wildman–Crippen LogP) is 4.54. The molecule has 3 saturated carbocycles. The van der Waals surface area contributed by atoms with E-state index in [0.29, 0.717) is 53.3 Å². The second-order valence-corrected chi connectivity index (χ2v) is 10.7. The van der Waals surface area contributed by atoms with Crippen molar-refractivity contribution >= 4 is 46.6 Å². The fourth-order valence-corrected chi connectivity index (χ4v) is 7.10. The van der Waals surface area contributed by atoms with Crippen LogP contribution < -0.4 is 5.32 Å². The molecular weight excluding hydrogens is 435 g/mol. The molecule has 162 valence electrons. The minimum absolute atomic E-state index is 0.0401. The van der Waals surface area contributed by atoms with Crippen molar-refractivity contribution in [3.05, 3.63) is 40.4 Å². The number of anilines is 1. The Bertz CT molecular complexity index is 980. The third kappa shape index (κ3) is 3.00. The van der Waals surface area contributed by atoms with Gasteiger partial charge in [0, 0.05) is 17.0 Å². The van der Waals surface area contributed by atoms with Gasteiger partial charge in [-0.15, -0.1) is 0 Å². The molecule has 1 N–H and O–H groups in total. The number of allylic oxidation sites excluding steroid dienone is 2. The standard InChI is InChI=1S/C24H24Cl2N2O3/c25-12-3-8-18(26)19(9-12)27-22(29)11-1-4-13(5-2-11)28-23(30)20-14-6-7-15(17-10-16(14)17)21(20)24(28)31/h3,6-9,11,13-17,20-21H,1-2,4-5,10H2,(H,27,29)/t11?,13?,14-,15-,16-,17-,20-,21+/m1/s1. The molecule has 3 amide bonds. The van der Waals surface area contributed by atoms with Crippen molar-refractivity contribution in [3.8, 4) is 0 Å². The molecule has 6 aliphatic rings. The lowest BCUT2D eigenvalue weighted by Gasteiger charge is -2.37. The van der Waals surface area contributed by atoms with Gasteiger partial charge >= 0.3 is 0 Å². The normalized spacial score (nSPS) is 40.0. The molecule has 6 atom stereocenters. The minimum atomic E-state index is -0.160. The van der Waals surface area contributed by atoms with Gasteiger partial charge < -0.3 is 5.32 Å². The van der Waals surface area contributed by atoms with Crippen LogP contribution >= 0.6 is 23.2 Å². The maximum Gasteiger partial charge on any atom is 0.233 e. The highest BCUT2D eigenvalue weighted by atomic mass is 35.5. The SMILES string of the molecule is O=C(Nc1cc(Cl)ccc1Cl)C1CCC(N2C(=O)[C@@H]3[C@@H]4C=C[C@H]([C@H]5C[C@H]45)[C@@H]3C2=O)CC1. The molecular formula is C24H24Cl2N2O3. The average Bonchev–Trinajstić information content (AvgIpc) is 3.54. The van der Waals surface area contributed by atoms with Crippen molar-refractivity contribution in [2.45, 2.75) is 38.1 Å². The summed E-state index contributed by atoms with van der Waals surface area (Å²) in [5.41, 5.74) is 0.511. The first-order valence-corrected chi connectivity index (χ1v) is 12.0. The molecule has 1 aliphatic heterocycles. The number of rotatable bonds is 3. The number of halogens is 2. The van der Waals surface area contributed by atoms with E-state index < -0.39 is 0 Å². The highest BCUT2D eigenvalue weighted by molar-refractivity contribution is 6.35. The third-order valence-corrected chi connectivity index (χ3v) is 8.88. The quantitative estimate of drug-likeness (QED) is 0.533. The number of likely N-dealkylation sites (tertiary alicyclic amines) is 1. The van der Waals surface area contributed by atoms with Crippen LogP contribution in [-0.2, 0) is 14.4 Å². The van der Waals surface area contributed by atoms with Gasteiger partial charge in [0.1, 0.15) is 0 Å². The summed E-state index contributed by atoms with van der Waals surface area (Å²) in [6.45, 7) is 0. The van der Waals surface area contributed by atoms with Crippen LogP contribution in [0.3, 0.4) is 0 Å². The molecule has 31 heavy (non-hydrogen) atoms. The second kappa shape index (κ2) is 7.08. The van der Waals surface area contributed by atoms with Gasteiger partial charge in [-0.25, -0.2) is 0 Å². The summed E-state index contributed by atoms with van der Waals surface area (Å²) >= 11 is 12.2. The summed E-state index contributed by atoms with van der Waals surface area (Å²) in [6, 6.07) is 4.90. The third-order valence-electron chi connectivity index (χ3n) is 8.32. The molecule has 1 aromatic rings. The Morgan fingerprint density at radius 2 is 1.55 bits per heavy atom. The number of nitrogens with zero attached hydrogens (tertiary/aromatic N) is 1. The maximum atomic E-state index is 13.3. The van der Waals surface area contributed by atoms with E-state index in [-0.39, 0.29) is 53.4 Å². The molecule has 7 heteroatoms. The number of amides is 3. The second-order valence-electron chi connectivity index (χ2n) is 9.82. The highest BCUT2D eigenvalue weighted by Gasteiger charge is 2.67. The van der Waals surface area contributed by atoms with Gasteiger partial charge in [-0.2, -0.15) is 0 Å². The van der Waals surface area contributed by atoms with Gasteiger partial charge in [0.05, 0.1) is 22.5 Å². The maximum absolute atomic E-state index is 13.3. The number of carbonyl (C=O) groups excluding carboxylic acids is 3. The van der Waals surface area contributed by atoms with E-state index in [4.69, 9.17) is 23.2 Å². The molecule has 4 fully saturated rings. The van der Waals surface area contributed by atoms with Gasteiger partial charge in [-0.1, -0.05) is 35.4 Å². The zero-order valence-electron chi connectivity index (χ0n) is 17.0. The number of carbonyl (C=O) groups is 3.